The minimum Gasteiger partial charge on any atom is -0.327 e. The lowest BCUT2D eigenvalue weighted by atomic mass is 9.80. The molecule has 0 saturated carbocycles. The summed E-state index contributed by atoms with van der Waals surface area (Å²) in [7, 11) is 0. The van der Waals surface area contributed by atoms with Gasteiger partial charge in [-0.1, -0.05) is 24.3 Å². The van der Waals surface area contributed by atoms with Crippen molar-refractivity contribution in [1.82, 2.24) is 0 Å². The fourth-order valence-corrected chi connectivity index (χ4v) is 3.02. The molecule has 1 aliphatic rings. The minimum atomic E-state index is -1.23. The van der Waals surface area contributed by atoms with Crippen molar-refractivity contribution in [2.75, 3.05) is 5.32 Å². The van der Waals surface area contributed by atoms with Gasteiger partial charge in [0.2, 0.25) is 0 Å². The Kier molecular flexibility index (Phi) is 4.90. The molecule has 0 heterocycles. The third kappa shape index (κ3) is 3.74. The molecule has 0 spiro atoms. The van der Waals surface area contributed by atoms with Gasteiger partial charge >= 0.3 is 0 Å². The van der Waals surface area contributed by atoms with Crippen molar-refractivity contribution in [3.63, 3.8) is 0 Å². The van der Waals surface area contributed by atoms with Crippen molar-refractivity contribution < 1.29 is 18.0 Å². The van der Waals surface area contributed by atoms with Crippen LogP contribution in [0.4, 0.5) is 18.9 Å². The van der Waals surface area contributed by atoms with Gasteiger partial charge in [-0.25, -0.2) is 13.2 Å². The van der Waals surface area contributed by atoms with E-state index in [0.29, 0.717) is 17.3 Å². The Morgan fingerprint density at radius 2 is 1.72 bits per heavy atom. The number of nitrogens with two attached hydrogens (primary N) is 1. The zero-order chi connectivity index (χ0) is 18.0. The van der Waals surface area contributed by atoms with E-state index in [2.05, 4.69) is 5.32 Å². The first-order chi connectivity index (χ1) is 12.0. The maximum atomic E-state index is 14.0. The molecule has 2 aromatic carbocycles. The number of halogens is 3. The number of benzene rings is 2. The van der Waals surface area contributed by atoms with Gasteiger partial charge < -0.3 is 11.1 Å². The SMILES string of the molecule is N[C@H]1CC(C(=O)Nc2ccccc2)=CC[C@@H]1c1cc(F)c(F)cc1F. The lowest BCUT2D eigenvalue weighted by Gasteiger charge is -2.29. The Labute approximate surface area is 143 Å². The van der Waals surface area contributed by atoms with Crippen molar-refractivity contribution in [2.24, 2.45) is 5.73 Å². The molecule has 1 aliphatic carbocycles. The quantitative estimate of drug-likeness (QED) is 0.829. The first-order valence-electron chi connectivity index (χ1n) is 7.91. The third-order valence-electron chi connectivity index (χ3n) is 4.35. The van der Waals surface area contributed by atoms with Gasteiger partial charge in [-0.3, -0.25) is 4.79 Å². The molecule has 130 valence electrons. The van der Waals surface area contributed by atoms with Crippen LogP contribution >= 0.6 is 0 Å². The number of rotatable bonds is 3. The van der Waals surface area contributed by atoms with Crippen LogP contribution in [0.25, 0.3) is 0 Å². The van der Waals surface area contributed by atoms with E-state index >= 15 is 0 Å². The van der Waals surface area contributed by atoms with E-state index in [0.717, 1.165) is 6.07 Å². The zero-order valence-corrected chi connectivity index (χ0v) is 13.3. The Hall–Kier alpha value is -2.60. The van der Waals surface area contributed by atoms with Gasteiger partial charge in [0.15, 0.2) is 11.6 Å². The van der Waals surface area contributed by atoms with Crippen LogP contribution in [0.2, 0.25) is 0 Å². The summed E-state index contributed by atoms with van der Waals surface area (Å²) in [5.41, 5.74) is 7.28. The third-order valence-corrected chi connectivity index (χ3v) is 4.35. The summed E-state index contributed by atoms with van der Waals surface area (Å²) in [6.07, 6.45) is 2.18. The van der Waals surface area contributed by atoms with Crippen molar-refractivity contribution in [3.05, 3.63) is 77.1 Å². The standard InChI is InChI=1S/C19H17F3N2O/c20-15-10-17(22)16(21)9-14(15)13-7-6-11(8-18(13)23)19(25)24-12-4-2-1-3-5-12/h1-6,9-10,13,18H,7-8,23H2,(H,24,25)/t13-,18+/m1/s1. The molecule has 6 heteroatoms. The second-order valence-electron chi connectivity index (χ2n) is 6.05. The summed E-state index contributed by atoms with van der Waals surface area (Å²) >= 11 is 0. The van der Waals surface area contributed by atoms with Crippen molar-refractivity contribution in [1.29, 1.82) is 0 Å². The number of para-hydroxylation sites is 1. The van der Waals surface area contributed by atoms with E-state index in [1.807, 2.05) is 6.07 Å². The maximum Gasteiger partial charge on any atom is 0.251 e. The molecular weight excluding hydrogens is 329 g/mol. The van der Waals surface area contributed by atoms with E-state index < -0.39 is 29.4 Å². The second-order valence-corrected chi connectivity index (χ2v) is 6.05. The van der Waals surface area contributed by atoms with Gasteiger partial charge in [0.05, 0.1) is 0 Å². The van der Waals surface area contributed by atoms with Gasteiger partial charge in [0, 0.05) is 29.3 Å². The maximum absolute atomic E-state index is 14.0. The molecule has 2 atom stereocenters. The van der Waals surface area contributed by atoms with Gasteiger partial charge in [-0.2, -0.15) is 0 Å². The predicted octanol–water partition coefficient (Wildman–Crippen LogP) is 3.87. The molecule has 25 heavy (non-hydrogen) atoms. The fourth-order valence-electron chi connectivity index (χ4n) is 3.02. The lowest BCUT2D eigenvalue weighted by molar-refractivity contribution is -0.113. The van der Waals surface area contributed by atoms with Crippen molar-refractivity contribution in [3.8, 4) is 0 Å². The smallest absolute Gasteiger partial charge is 0.251 e. The first kappa shape index (κ1) is 17.2. The Morgan fingerprint density at radius 1 is 1.04 bits per heavy atom. The molecule has 2 aromatic rings. The first-order valence-corrected chi connectivity index (χ1v) is 7.91. The fraction of sp³-hybridized carbons (Fsp3) is 0.211. The van der Waals surface area contributed by atoms with E-state index in [-0.39, 0.29) is 24.3 Å². The molecule has 0 radical (unpaired) electrons. The summed E-state index contributed by atoms with van der Waals surface area (Å²) < 4.78 is 40.5. The Morgan fingerprint density at radius 3 is 2.40 bits per heavy atom. The number of hydrogen-bond donors (Lipinski definition) is 2. The molecule has 3 rings (SSSR count). The van der Waals surface area contributed by atoms with Crippen LogP contribution < -0.4 is 11.1 Å². The number of nitrogens with one attached hydrogen (secondary N) is 1. The molecule has 0 saturated heterocycles. The molecule has 0 aliphatic heterocycles. The molecule has 3 nitrogen and oxygen atoms in total. The van der Waals surface area contributed by atoms with Crippen LogP contribution in [0.5, 0.6) is 0 Å². The second kappa shape index (κ2) is 7.11. The molecule has 3 N–H and O–H groups in total. The molecule has 0 unspecified atom stereocenters. The van der Waals surface area contributed by atoms with Crippen LogP contribution in [0.1, 0.15) is 24.3 Å². The summed E-state index contributed by atoms with van der Waals surface area (Å²) in [5, 5.41) is 2.77. The predicted molar refractivity (Wildman–Crippen MR) is 89.4 cm³/mol. The number of amides is 1. The number of carbonyl (C=O) groups excluding carboxylic acids is 1. The summed E-state index contributed by atoms with van der Waals surface area (Å²) in [6, 6.07) is 9.78. The highest BCUT2D eigenvalue weighted by atomic mass is 19.2. The number of anilines is 1. The largest absolute Gasteiger partial charge is 0.327 e. The zero-order valence-electron chi connectivity index (χ0n) is 13.3. The summed E-state index contributed by atoms with van der Waals surface area (Å²) in [5.74, 6) is -3.96. The topological polar surface area (TPSA) is 55.1 Å². The van der Waals surface area contributed by atoms with Gasteiger partial charge in [-0.15, -0.1) is 0 Å². The number of hydrogen-bond acceptors (Lipinski definition) is 2. The summed E-state index contributed by atoms with van der Waals surface area (Å²) in [4.78, 5) is 12.3. The van der Waals surface area contributed by atoms with Crippen molar-refractivity contribution >= 4 is 11.6 Å². The van der Waals surface area contributed by atoms with Crippen molar-refractivity contribution in [2.45, 2.75) is 24.8 Å². The van der Waals surface area contributed by atoms with Crippen LogP contribution in [0, 0.1) is 17.5 Å². The van der Waals surface area contributed by atoms with Crippen LogP contribution in [-0.4, -0.2) is 11.9 Å². The van der Waals surface area contributed by atoms with E-state index in [1.165, 1.54) is 0 Å². The van der Waals surface area contributed by atoms with E-state index in [1.54, 1.807) is 30.3 Å². The van der Waals surface area contributed by atoms with Crippen LogP contribution in [0.15, 0.2) is 54.1 Å². The Bertz CT molecular complexity index is 821. The molecule has 1 amide bonds. The van der Waals surface area contributed by atoms with Crippen LogP contribution in [0.3, 0.4) is 0 Å². The molecule has 0 fully saturated rings. The van der Waals surface area contributed by atoms with Crippen LogP contribution in [-0.2, 0) is 4.79 Å². The van der Waals surface area contributed by atoms with Gasteiger partial charge in [0.1, 0.15) is 5.82 Å². The monoisotopic (exact) mass is 346 g/mol. The molecular formula is C19H17F3N2O. The van der Waals surface area contributed by atoms with E-state index in [4.69, 9.17) is 5.73 Å². The molecule has 0 aromatic heterocycles. The lowest BCUT2D eigenvalue weighted by Crippen LogP contribution is -2.34. The Balaban J connectivity index is 1.76. The number of allylic oxidation sites excluding steroid dienone is 1. The summed E-state index contributed by atoms with van der Waals surface area (Å²) in [6.45, 7) is 0. The van der Waals surface area contributed by atoms with E-state index in [9.17, 15) is 18.0 Å². The normalized spacial score (nSPS) is 20.1. The molecule has 0 bridgehead atoms. The van der Waals surface area contributed by atoms with Gasteiger partial charge in [0.25, 0.3) is 5.91 Å². The number of carbonyl (C=O) groups is 1. The highest BCUT2D eigenvalue weighted by Gasteiger charge is 2.29. The highest BCUT2D eigenvalue weighted by molar-refractivity contribution is 6.03. The van der Waals surface area contributed by atoms with Gasteiger partial charge in [-0.05, 0) is 36.6 Å². The minimum absolute atomic E-state index is 0.0326. The average Bonchev–Trinajstić information content (AvgIpc) is 2.59. The average molecular weight is 346 g/mol. The highest BCUT2D eigenvalue weighted by Crippen LogP contribution is 2.34.